The molecule has 0 spiro atoms. The van der Waals surface area contributed by atoms with Gasteiger partial charge in [-0.15, -0.1) is 0 Å². The van der Waals surface area contributed by atoms with Crippen LogP contribution in [-0.4, -0.2) is 65.6 Å². The van der Waals surface area contributed by atoms with Crippen LogP contribution < -0.4 is 9.80 Å². The molecule has 0 aromatic carbocycles. The van der Waals surface area contributed by atoms with Crippen molar-refractivity contribution in [2.24, 2.45) is 0 Å². The molecule has 1 N–H and O–H groups in total. The lowest BCUT2D eigenvalue weighted by Gasteiger charge is -2.29. The van der Waals surface area contributed by atoms with Crippen molar-refractivity contribution in [3.05, 3.63) is 5.28 Å². The summed E-state index contributed by atoms with van der Waals surface area (Å²) in [6.45, 7) is 7.76. The molecule has 7 nitrogen and oxygen atoms in total. The van der Waals surface area contributed by atoms with Gasteiger partial charge in [0.2, 0.25) is 17.2 Å². The third kappa shape index (κ3) is 4.39. The Balaban J connectivity index is 2.23. The lowest BCUT2D eigenvalue weighted by molar-refractivity contribution is 0.122. The number of morpholine rings is 1. The second kappa shape index (κ2) is 7.72. The minimum atomic E-state index is 0.137. The van der Waals surface area contributed by atoms with Gasteiger partial charge in [0.1, 0.15) is 0 Å². The maximum Gasteiger partial charge on any atom is 0.231 e. The van der Waals surface area contributed by atoms with E-state index >= 15 is 0 Å². The van der Waals surface area contributed by atoms with E-state index in [1.165, 1.54) is 0 Å². The van der Waals surface area contributed by atoms with Crippen LogP contribution in [0.1, 0.15) is 20.3 Å². The number of aliphatic hydroxyl groups is 1. The Bertz CT molecular complexity index is 454. The number of halogens is 1. The smallest absolute Gasteiger partial charge is 0.231 e. The van der Waals surface area contributed by atoms with Crippen LogP contribution in [0.3, 0.4) is 0 Å². The van der Waals surface area contributed by atoms with Crippen LogP contribution in [0.5, 0.6) is 0 Å². The van der Waals surface area contributed by atoms with Gasteiger partial charge in [-0.25, -0.2) is 0 Å². The van der Waals surface area contributed by atoms with E-state index in [1.54, 1.807) is 0 Å². The Morgan fingerprint density at radius 3 is 2.62 bits per heavy atom. The predicted molar refractivity (Wildman–Crippen MR) is 82.1 cm³/mol. The van der Waals surface area contributed by atoms with E-state index in [9.17, 15) is 0 Å². The van der Waals surface area contributed by atoms with E-state index in [0.717, 1.165) is 13.1 Å². The number of anilines is 2. The Labute approximate surface area is 129 Å². The summed E-state index contributed by atoms with van der Waals surface area (Å²) >= 11 is 6.06. The zero-order chi connectivity index (χ0) is 15.2. The summed E-state index contributed by atoms with van der Waals surface area (Å²) in [5.41, 5.74) is 0. The number of hydrogen-bond donors (Lipinski definition) is 1. The van der Waals surface area contributed by atoms with Gasteiger partial charge in [-0.05, 0) is 31.9 Å². The van der Waals surface area contributed by atoms with Crippen molar-refractivity contribution in [1.82, 2.24) is 15.0 Å². The molecule has 21 heavy (non-hydrogen) atoms. The summed E-state index contributed by atoms with van der Waals surface area (Å²) in [6, 6.07) is 0.215. The summed E-state index contributed by atoms with van der Waals surface area (Å²) in [5.74, 6) is 1.14. The molecule has 1 aromatic heterocycles. The van der Waals surface area contributed by atoms with Crippen LogP contribution in [0.4, 0.5) is 11.9 Å². The van der Waals surface area contributed by atoms with Gasteiger partial charge in [-0.3, -0.25) is 0 Å². The first-order valence-electron chi connectivity index (χ1n) is 7.23. The molecule has 0 amide bonds. The molecule has 1 aromatic rings. The molecule has 1 aliphatic rings. The zero-order valence-electron chi connectivity index (χ0n) is 12.5. The third-order valence-corrected chi connectivity index (χ3v) is 3.48. The van der Waals surface area contributed by atoms with Gasteiger partial charge in [-0.1, -0.05) is 0 Å². The van der Waals surface area contributed by atoms with Crippen LogP contribution in [0, 0.1) is 0 Å². The summed E-state index contributed by atoms with van der Waals surface area (Å²) in [5, 5.41) is 9.22. The van der Waals surface area contributed by atoms with Crippen molar-refractivity contribution in [3.63, 3.8) is 0 Å². The molecule has 1 fully saturated rings. The molecule has 2 heterocycles. The Morgan fingerprint density at radius 1 is 1.29 bits per heavy atom. The second-order valence-corrected chi connectivity index (χ2v) is 5.51. The number of rotatable bonds is 6. The molecule has 0 saturated carbocycles. The number of hydrogen-bond acceptors (Lipinski definition) is 7. The van der Waals surface area contributed by atoms with Crippen molar-refractivity contribution in [3.8, 4) is 0 Å². The first-order chi connectivity index (χ1) is 10.1. The first-order valence-corrected chi connectivity index (χ1v) is 7.61. The number of nitrogens with zero attached hydrogens (tertiary/aromatic N) is 5. The highest BCUT2D eigenvalue weighted by Crippen LogP contribution is 2.19. The molecule has 0 bridgehead atoms. The zero-order valence-corrected chi connectivity index (χ0v) is 13.3. The average molecular weight is 316 g/mol. The largest absolute Gasteiger partial charge is 0.396 e. The van der Waals surface area contributed by atoms with E-state index in [2.05, 4.69) is 28.8 Å². The Morgan fingerprint density at radius 2 is 2.00 bits per heavy atom. The fourth-order valence-electron chi connectivity index (χ4n) is 2.19. The maximum atomic E-state index is 9.03. The molecule has 1 saturated heterocycles. The van der Waals surface area contributed by atoms with Crippen molar-refractivity contribution in [2.45, 2.75) is 26.3 Å². The van der Waals surface area contributed by atoms with Crippen molar-refractivity contribution in [1.29, 1.82) is 0 Å². The minimum Gasteiger partial charge on any atom is -0.396 e. The normalized spacial score (nSPS) is 15.6. The monoisotopic (exact) mass is 315 g/mol. The Kier molecular flexibility index (Phi) is 5.96. The summed E-state index contributed by atoms with van der Waals surface area (Å²) in [4.78, 5) is 17.1. The highest BCUT2D eigenvalue weighted by Gasteiger charge is 2.19. The molecule has 0 atom stereocenters. The minimum absolute atomic E-state index is 0.137. The fourth-order valence-corrected chi connectivity index (χ4v) is 2.34. The van der Waals surface area contributed by atoms with Gasteiger partial charge >= 0.3 is 0 Å². The van der Waals surface area contributed by atoms with Gasteiger partial charge in [0.15, 0.2) is 0 Å². The number of aromatic nitrogens is 3. The van der Waals surface area contributed by atoms with E-state index in [4.69, 9.17) is 21.4 Å². The van der Waals surface area contributed by atoms with Gasteiger partial charge < -0.3 is 19.6 Å². The van der Waals surface area contributed by atoms with E-state index < -0.39 is 0 Å². The van der Waals surface area contributed by atoms with E-state index in [0.29, 0.717) is 38.1 Å². The lowest BCUT2D eigenvalue weighted by atomic mass is 10.3. The molecule has 2 rings (SSSR count). The topological polar surface area (TPSA) is 74.6 Å². The standard InChI is InChI=1S/C13H22ClN5O2/c1-10(2)19(4-3-7-20)13-16-11(14)15-12(17-13)18-5-8-21-9-6-18/h10,20H,3-9H2,1-2H3. The fraction of sp³-hybridized carbons (Fsp3) is 0.769. The quantitative estimate of drug-likeness (QED) is 0.838. The summed E-state index contributed by atoms with van der Waals surface area (Å²) in [6.07, 6.45) is 0.661. The van der Waals surface area contributed by atoms with Crippen LogP contribution in [0.15, 0.2) is 0 Å². The van der Waals surface area contributed by atoms with Crippen LogP contribution in [0.25, 0.3) is 0 Å². The van der Waals surface area contributed by atoms with Crippen LogP contribution >= 0.6 is 11.6 Å². The highest BCUT2D eigenvalue weighted by atomic mass is 35.5. The van der Waals surface area contributed by atoms with E-state index in [1.807, 2.05) is 9.80 Å². The second-order valence-electron chi connectivity index (χ2n) is 5.17. The van der Waals surface area contributed by atoms with Gasteiger partial charge in [0.25, 0.3) is 0 Å². The molecule has 118 valence electrons. The summed E-state index contributed by atoms with van der Waals surface area (Å²) in [7, 11) is 0. The van der Waals surface area contributed by atoms with Gasteiger partial charge in [0.05, 0.1) is 13.2 Å². The molecular formula is C13H22ClN5O2. The third-order valence-electron chi connectivity index (χ3n) is 3.32. The molecule has 0 aliphatic carbocycles. The molecular weight excluding hydrogens is 294 g/mol. The number of ether oxygens (including phenoxy) is 1. The first kappa shape index (κ1) is 16.2. The summed E-state index contributed by atoms with van der Waals surface area (Å²) < 4.78 is 5.34. The average Bonchev–Trinajstić information content (AvgIpc) is 2.48. The lowest BCUT2D eigenvalue weighted by Crippen LogP contribution is -2.39. The highest BCUT2D eigenvalue weighted by molar-refractivity contribution is 6.28. The SMILES string of the molecule is CC(C)N(CCCO)c1nc(Cl)nc(N2CCOCC2)n1. The maximum absolute atomic E-state index is 9.03. The molecule has 0 radical (unpaired) electrons. The number of aliphatic hydroxyl groups excluding tert-OH is 1. The van der Waals surface area contributed by atoms with Crippen LogP contribution in [0.2, 0.25) is 5.28 Å². The van der Waals surface area contributed by atoms with Crippen molar-refractivity contribution < 1.29 is 9.84 Å². The predicted octanol–water partition coefficient (Wildman–Crippen LogP) is 0.959. The molecule has 8 heteroatoms. The Hall–Kier alpha value is -1.18. The van der Waals surface area contributed by atoms with E-state index in [-0.39, 0.29) is 17.9 Å². The molecule has 1 aliphatic heterocycles. The van der Waals surface area contributed by atoms with Gasteiger partial charge in [-0.2, -0.15) is 15.0 Å². The molecule has 0 unspecified atom stereocenters. The van der Waals surface area contributed by atoms with Crippen molar-refractivity contribution in [2.75, 3.05) is 49.3 Å². The van der Waals surface area contributed by atoms with Gasteiger partial charge in [0, 0.05) is 32.3 Å². The van der Waals surface area contributed by atoms with Crippen LogP contribution in [-0.2, 0) is 4.74 Å². The van der Waals surface area contributed by atoms with Crippen molar-refractivity contribution >= 4 is 23.5 Å².